The summed E-state index contributed by atoms with van der Waals surface area (Å²) < 4.78 is 1.62. The zero-order chi connectivity index (χ0) is 11.7. The van der Waals surface area contributed by atoms with Crippen molar-refractivity contribution in [1.82, 2.24) is 14.8 Å². The highest BCUT2D eigenvalue weighted by Crippen LogP contribution is 2.17. The van der Waals surface area contributed by atoms with Gasteiger partial charge in [-0.15, -0.1) is 0 Å². The smallest absolute Gasteiger partial charge is 0.124 e. The van der Waals surface area contributed by atoms with E-state index < -0.39 is 0 Å². The quantitative estimate of drug-likeness (QED) is 0.829. The molecule has 2 aromatic rings. The highest BCUT2D eigenvalue weighted by molar-refractivity contribution is 7.80. The van der Waals surface area contributed by atoms with Gasteiger partial charge in [-0.25, -0.2) is 4.68 Å². The predicted octanol–water partition coefficient (Wildman–Crippen LogP) is 1.86. The van der Waals surface area contributed by atoms with E-state index in [4.69, 9.17) is 29.6 Å². The van der Waals surface area contributed by atoms with Gasteiger partial charge >= 0.3 is 0 Å². The van der Waals surface area contributed by atoms with Crippen molar-refractivity contribution >= 4 is 28.8 Å². The molecule has 0 aromatic carbocycles. The van der Waals surface area contributed by atoms with Gasteiger partial charge in [-0.05, 0) is 19.1 Å². The molecule has 2 heterocycles. The van der Waals surface area contributed by atoms with Crippen molar-refractivity contribution in [3.8, 4) is 5.69 Å². The van der Waals surface area contributed by atoms with Crippen molar-refractivity contribution in [3.63, 3.8) is 0 Å². The Kier molecular flexibility index (Phi) is 2.89. The molecule has 82 valence electrons. The van der Waals surface area contributed by atoms with E-state index in [0.717, 1.165) is 11.4 Å². The van der Waals surface area contributed by atoms with E-state index in [9.17, 15) is 0 Å². The van der Waals surface area contributed by atoms with Gasteiger partial charge in [0.25, 0.3) is 0 Å². The van der Waals surface area contributed by atoms with Crippen molar-refractivity contribution in [1.29, 1.82) is 0 Å². The minimum absolute atomic E-state index is 0.236. The van der Waals surface area contributed by atoms with Crippen LogP contribution in [0, 0.1) is 6.92 Å². The van der Waals surface area contributed by atoms with Crippen LogP contribution in [-0.2, 0) is 0 Å². The Hall–Kier alpha value is -1.46. The molecule has 0 spiro atoms. The largest absolute Gasteiger partial charge is 0.388 e. The summed E-state index contributed by atoms with van der Waals surface area (Å²) in [5, 5.41) is 4.85. The summed E-state index contributed by atoms with van der Waals surface area (Å²) in [5.74, 6) is 0. The summed E-state index contributed by atoms with van der Waals surface area (Å²) in [6.45, 7) is 1.83. The number of thiocarbonyl (C=S) groups is 1. The van der Waals surface area contributed by atoms with Crippen LogP contribution in [0.4, 0.5) is 0 Å². The van der Waals surface area contributed by atoms with Crippen LogP contribution in [0.3, 0.4) is 0 Å². The lowest BCUT2D eigenvalue weighted by Gasteiger charge is -2.06. The van der Waals surface area contributed by atoms with E-state index in [1.165, 1.54) is 0 Å². The number of halogens is 1. The number of aryl methyl sites for hydroxylation is 1. The van der Waals surface area contributed by atoms with Gasteiger partial charge < -0.3 is 5.73 Å². The van der Waals surface area contributed by atoms with Gasteiger partial charge in [0.15, 0.2) is 0 Å². The summed E-state index contributed by atoms with van der Waals surface area (Å²) in [4.78, 5) is 4.36. The van der Waals surface area contributed by atoms with Crippen molar-refractivity contribution in [2.24, 2.45) is 5.73 Å². The van der Waals surface area contributed by atoms with Crippen LogP contribution in [0.5, 0.6) is 0 Å². The summed E-state index contributed by atoms with van der Waals surface area (Å²) in [6.07, 6.45) is 3.34. The summed E-state index contributed by atoms with van der Waals surface area (Å²) in [5.41, 5.74) is 7.61. The molecule has 6 heteroatoms. The standard InChI is InChI=1S/C10H9ClN4S/c1-6-7(11)5-15(14-6)8-3-2-4-13-9(8)10(12)16/h2-5H,1H3,(H2,12,16). The average molecular weight is 253 g/mol. The Morgan fingerprint density at radius 3 is 2.88 bits per heavy atom. The zero-order valence-electron chi connectivity index (χ0n) is 8.51. The number of nitrogens with two attached hydrogens (primary N) is 1. The molecule has 0 atom stereocenters. The molecular weight excluding hydrogens is 244 g/mol. The maximum absolute atomic E-state index is 5.94. The number of rotatable bonds is 2. The second-order valence-corrected chi connectivity index (χ2v) is 4.09. The Balaban J connectivity index is 2.59. The molecule has 2 rings (SSSR count). The van der Waals surface area contributed by atoms with Crippen LogP contribution < -0.4 is 5.73 Å². The Morgan fingerprint density at radius 2 is 2.31 bits per heavy atom. The van der Waals surface area contributed by atoms with Gasteiger partial charge in [0, 0.05) is 12.4 Å². The second kappa shape index (κ2) is 4.19. The van der Waals surface area contributed by atoms with Crippen LogP contribution in [0.1, 0.15) is 11.4 Å². The van der Waals surface area contributed by atoms with Crippen molar-refractivity contribution in [2.75, 3.05) is 0 Å². The Labute approximate surface area is 103 Å². The summed E-state index contributed by atoms with van der Waals surface area (Å²) in [6, 6.07) is 3.63. The molecule has 0 radical (unpaired) electrons. The molecule has 0 bridgehead atoms. The maximum Gasteiger partial charge on any atom is 0.124 e. The predicted molar refractivity (Wildman–Crippen MR) is 67.0 cm³/mol. The van der Waals surface area contributed by atoms with Gasteiger partial charge in [0.2, 0.25) is 0 Å². The van der Waals surface area contributed by atoms with Crippen LogP contribution >= 0.6 is 23.8 Å². The van der Waals surface area contributed by atoms with Crippen LogP contribution in [0.2, 0.25) is 5.02 Å². The fourth-order valence-corrected chi connectivity index (χ4v) is 1.62. The molecule has 0 fully saturated rings. The van der Waals surface area contributed by atoms with E-state index in [1.54, 1.807) is 23.1 Å². The monoisotopic (exact) mass is 252 g/mol. The molecule has 0 unspecified atom stereocenters. The fraction of sp³-hybridized carbons (Fsp3) is 0.100. The van der Waals surface area contributed by atoms with E-state index in [2.05, 4.69) is 10.1 Å². The SMILES string of the molecule is Cc1nn(-c2cccnc2C(N)=S)cc1Cl. The third-order valence-corrected chi connectivity index (χ3v) is 2.67. The molecular formula is C10H9ClN4S. The number of pyridine rings is 1. The first-order chi connectivity index (χ1) is 7.59. The topological polar surface area (TPSA) is 56.7 Å². The normalized spacial score (nSPS) is 10.4. The van der Waals surface area contributed by atoms with Crippen molar-refractivity contribution in [3.05, 3.63) is 40.9 Å². The van der Waals surface area contributed by atoms with E-state index in [1.807, 2.05) is 13.0 Å². The number of nitrogens with zero attached hydrogens (tertiary/aromatic N) is 3. The van der Waals surface area contributed by atoms with Crippen LogP contribution in [-0.4, -0.2) is 19.8 Å². The lowest BCUT2D eigenvalue weighted by molar-refractivity contribution is 0.854. The first-order valence-electron chi connectivity index (χ1n) is 4.56. The zero-order valence-corrected chi connectivity index (χ0v) is 10.1. The summed E-state index contributed by atoms with van der Waals surface area (Å²) in [7, 11) is 0. The first kappa shape index (κ1) is 11.0. The van der Waals surface area contributed by atoms with Crippen LogP contribution in [0.15, 0.2) is 24.5 Å². The molecule has 0 aliphatic heterocycles. The highest BCUT2D eigenvalue weighted by Gasteiger charge is 2.10. The molecule has 0 amide bonds. The van der Waals surface area contributed by atoms with E-state index >= 15 is 0 Å². The van der Waals surface area contributed by atoms with Gasteiger partial charge in [-0.2, -0.15) is 5.10 Å². The number of hydrogen-bond acceptors (Lipinski definition) is 3. The molecule has 2 aromatic heterocycles. The average Bonchev–Trinajstić information content (AvgIpc) is 2.59. The van der Waals surface area contributed by atoms with Crippen molar-refractivity contribution in [2.45, 2.75) is 6.92 Å². The first-order valence-corrected chi connectivity index (χ1v) is 5.35. The van der Waals surface area contributed by atoms with Gasteiger partial charge in [-0.3, -0.25) is 4.98 Å². The molecule has 16 heavy (non-hydrogen) atoms. The minimum Gasteiger partial charge on any atom is -0.388 e. The van der Waals surface area contributed by atoms with Gasteiger partial charge in [0.1, 0.15) is 10.7 Å². The third kappa shape index (κ3) is 1.91. The Bertz CT molecular complexity index is 530. The van der Waals surface area contributed by atoms with E-state index in [-0.39, 0.29) is 4.99 Å². The second-order valence-electron chi connectivity index (χ2n) is 3.24. The third-order valence-electron chi connectivity index (χ3n) is 2.11. The minimum atomic E-state index is 0.236. The maximum atomic E-state index is 5.94. The molecule has 0 aliphatic carbocycles. The highest BCUT2D eigenvalue weighted by atomic mass is 35.5. The molecule has 4 nitrogen and oxygen atoms in total. The number of aromatic nitrogens is 3. The number of hydrogen-bond donors (Lipinski definition) is 1. The molecule has 0 saturated heterocycles. The fourth-order valence-electron chi connectivity index (χ4n) is 1.33. The van der Waals surface area contributed by atoms with Gasteiger partial charge in [-0.1, -0.05) is 23.8 Å². The molecule has 2 N–H and O–H groups in total. The Morgan fingerprint density at radius 1 is 1.56 bits per heavy atom. The summed E-state index contributed by atoms with van der Waals surface area (Å²) >= 11 is 10.9. The molecule has 0 saturated carbocycles. The van der Waals surface area contributed by atoms with Gasteiger partial charge in [0.05, 0.1) is 16.4 Å². The van der Waals surface area contributed by atoms with Crippen LogP contribution in [0.25, 0.3) is 5.69 Å². The lowest BCUT2D eigenvalue weighted by Crippen LogP contribution is -2.15. The van der Waals surface area contributed by atoms with E-state index in [0.29, 0.717) is 10.7 Å². The molecule has 0 aliphatic rings. The lowest BCUT2D eigenvalue weighted by atomic mass is 10.3. The van der Waals surface area contributed by atoms with Crippen molar-refractivity contribution < 1.29 is 0 Å².